The van der Waals surface area contributed by atoms with Gasteiger partial charge in [-0.1, -0.05) is 26.7 Å². The average molecular weight is 305 g/mol. The minimum absolute atomic E-state index is 0.289. The summed E-state index contributed by atoms with van der Waals surface area (Å²) < 4.78 is 52.7. The molecular formula is C14H21F2NO2S. The van der Waals surface area contributed by atoms with Gasteiger partial charge in [-0.3, -0.25) is 0 Å². The van der Waals surface area contributed by atoms with Crippen LogP contribution >= 0.6 is 0 Å². The number of nitrogens with one attached hydrogen (secondary N) is 1. The zero-order valence-electron chi connectivity index (χ0n) is 12.0. The van der Waals surface area contributed by atoms with Gasteiger partial charge in [0.25, 0.3) is 0 Å². The Bertz CT molecular complexity index is 544. The first-order chi connectivity index (χ1) is 9.22. The van der Waals surface area contributed by atoms with Gasteiger partial charge < -0.3 is 0 Å². The summed E-state index contributed by atoms with van der Waals surface area (Å²) in [4.78, 5) is -0.519. The molecule has 0 heterocycles. The molecule has 0 saturated heterocycles. The van der Waals surface area contributed by atoms with E-state index in [-0.39, 0.29) is 6.04 Å². The fourth-order valence-corrected chi connectivity index (χ4v) is 3.25. The molecule has 0 spiro atoms. The van der Waals surface area contributed by atoms with Gasteiger partial charge in [0.2, 0.25) is 10.0 Å². The van der Waals surface area contributed by atoms with Crippen molar-refractivity contribution in [3.63, 3.8) is 0 Å². The molecule has 0 aliphatic rings. The summed E-state index contributed by atoms with van der Waals surface area (Å²) in [5.41, 5.74) is 0. The lowest BCUT2D eigenvalue weighted by atomic mass is 10.0. The van der Waals surface area contributed by atoms with E-state index in [0.717, 1.165) is 25.0 Å². The molecular weight excluding hydrogens is 284 g/mol. The van der Waals surface area contributed by atoms with Crippen LogP contribution in [0, 0.1) is 17.6 Å². The van der Waals surface area contributed by atoms with Crippen LogP contribution in [0.15, 0.2) is 23.1 Å². The van der Waals surface area contributed by atoms with Gasteiger partial charge in [0.05, 0.1) is 0 Å². The van der Waals surface area contributed by atoms with Crippen LogP contribution < -0.4 is 4.72 Å². The molecule has 0 fully saturated rings. The summed E-state index contributed by atoms with van der Waals surface area (Å²) >= 11 is 0. The standard InChI is InChI=1S/C14H21F2NO2S/c1-10(2)5-4-6-11(3)17-20(18,19)14-8-7-12(15)9-13(14)16/h7-11,17H,4-6H2,1-3H3. The second kappa shape index (κ2) is 7.13. The SMILES string of the molecule is CC(C)CCCC(C)NS(=O)(=O)c1ccc(F)cc1F. The maximum absolute atomic E-state index is 13.5. The van der Waals surface area contributed by atoms with E-state index in [1.807, 2.05) is 0 Å². The highest BCUT2D eigenvalue weighted by Gasteiger charge is 2.21. The van der Waals surface area contributed by atoms with Crippen LogP contribution in [-0.2, 0) is 10.0 Å². The highest BCUT2D eigenvalue weighted by molar-refractivity contribution is 7.89. The van der Waals surface area contributed by atoms with Crippen molar-refractivity contribution in [2.24, 2.45) is 5.92 Å². The van der Waals surface area contributed by atoms with Gasteiger partial charge in [0.1, 0.15) is 16.5 Å². The van der Waals surface area contributed by atoms with Crippen LogP contribution in [0.1, 0.15) is 40.0 Å². The van der Waals surface area contributed by atoms with Gasteiger partial charge >= 0.3 is 0 Å². The zero-order chi connectivity index (χ0) is 15.3. The number of hydrogen-bond donors (Lipinski definition) is 1. The maximum atomic E-state index is 13.5. The normalized spacial score (nSPS) is 13.7. The molecule has 1 atom stereocenters. The molecule has 20 heavy (non-hydrogen) atoms. The molecule has 0 saturated carbocycles. The van der Waals surface area contributed by atoms with E-state index in [2.05, 4.69) is 18.6 Å². The van der Waals surface area contributed by atoms with Crippen molar-refractivity contribution in [1.82, 2.24) is 4.72 Å². The third kappa shape index (κ3) is 5.17. The summed E-state index contributed by atoms with van der Waals surface area (Å²) in [5.74, 6) is -1.31. The fourth-order valence-electron chi connectivity index (χ4n) is 1.91. The van der Waals surface area contributed by atoms with Crippen molar-refractivity contribution < 1.29 is 17.2 Å². The number of hydrogen-bond acceptors (Lipinski definition) is 2. The molecule has 1 rings (SSSR count). The van der Waals surface area contributed by atoms with E-state index < -0.39 is 26.6 Å². The Labute approximate surface area is 119 Å². The van der Waals surface area contributed by atoms with Gasteiger partial charge in [-0.25, -0.2) is 21.9 Å². The van der Waals surface area contributed by atoms with Gasteiger partial charge in [-0.05, 0) is 31.4 Å². The van der Waals surface area contributed by atoms with Crippen LogP contribution in [0.4, 0.5) is 8.78 Å². The molecule has 0 aliphatic carbocycles. The van der Waals surface area contributed by atoms with Crippen molar-refractivity contribution in [3.8, 4) is 0 Å². The first kappa shape index (κ1) is 17.0. The lowest BCUT2D eigenvalue weighted by molar-refractivity contribution is 0.485. The molecule has 114 valence electrons. The second-order valence-corrected chi connectivity index (χ2v) is 7.10. The van der Waals surface area contributed by atoms with Gasteiger partial charge in [-0.15, -0.1) is 0 Å². The van der Waals surface area contributed by atoms with Crippen LogP contribution in [0.2, 0.25) is 0 Å². The summed E-state index contributed by atoms with van der Waals surface area (Å²) in [6, 6.07) is 2.15. The third-order valence-electron chi connectivity index (χ3n) is 2.96. The van der Waals surface area contributed by atoms with Crippen molar-refractivity contribution in [2.75, 3.05) is 0 Å². The van der Waals surface area contributed by atoms with Crippen molar-refractivity contribution >= 4 is 10.0 Å². The van der Waals surface area contributed by atoms with Crippen LogP contribution in [0.3, 0.4) is 0 Å². The summed E-state index contributed by atoms with van der Waals surface area (Å²) in [7, 11) is -3.95. The molecule has 0 radical (unpaired) electrons. The smallest absolute Gasteiger partial charge is 0.208 e. The quantitative estimate of drug-likeness (QED) is 0.838. The van der Waals surface area contributed by atoms with E-state index in [1.54, 1.807) is 6.92 Å². The Morgan fingerprint density at radius 1 is 1.15 bits per heavy atom. The molecule has 0 aromatic heterocycles. The van der Waals surface area contributed by atoms with Crippen molar-refractivity contribution in [3.05, 3.63) is 29.8 Å². The summed E-state index contributed by atoms with van der Waals surface area (Å²) in [6.07, 6.45) is 2.59. The molecule has 0 amide bonds. The van der Waals surface area contributed by atoms with E-state index in [9.17, 15) is 17.2 Å². The molecule has 1 N–H and O–H groups in total. The first-order valence-corrected chi connectivity index (χ1v) is 8.18. The Morgan fingerprint density at radius 2 is 1.80 bits per heavy atom. The Hall–Kier alpha value is -1.01. The molecule has 0 bridgehead atoms. The molecule has 3 nitrogen and oxygen atoms in total. The van der Waals surface area contributed by atoms with Crippen molar-refractivity contribution in [1.29, 1.82) is 0 Å². The predicted octanol–water partition coefficient (Wildman–Crippen LogP) is 3.46. The minimum atomic E-state index is -3.95. The fraction of sp³-hybridized carbons (Fsp3) is 0.571. The number of rotatable bonds is 7. The van der Waals surface area contributed by atoms with E-state index in [1.165, 1.54) is 0 Å². The van der Waals surface area contributed by atoms with Crippen molar-refractivity contribution in [2.45, 2.75) is 51.0 Å². The number of sulfonamides is 1. The van der Waals surface area contributed by atoms with Crippen LogP contribution in [0.5, 0.6) is 0 Å². The highest BCUT2D eigenvalue weighted by Crippen LogP contribution is 2.17. The Kier molecular flexibility index (Phi) is 6.07. The highest BCUT2D eigenvalue weighted by atomic mass is 32.2. The van der Waals surface area contributed by atoms with Gasteiger partial charge in [0.15, 0.2) is 0 Å². The average Bonchev–Trinajstić information content (AvgIpc) is 2.26. The van der Waals surface area contributed by atoms with Crippen LogP contribution in [0.25, 0.3) is 0 Å². The molecule has 0 aliphatic heterocycles. The molecule has 6 heteroatoms. The Balaban J connectivity index is 2.69. The summed E-state index contributed by atoms with van der Waals surface area (Å²) in [6.45, 7) is 5.94. The van der Waals surface area contributed by atoms with E-state index in [0.29, 0.717) is 18.4 Å². The summed E-state index contributed by atoms with van der Waals surface area (Å²) in [5, 5.41) is 0. The second-order valence-electron chi connectivity index (χ2n) is 5.42. The van der Waals surface area contributed by atoms with E-state index >= 15 is 0 Å². The minimum Gasteiger partial charge on any atom is -0.208 e. The number of halogens is 2. The molecule has 1 aromatic rings. The largest absolute Gasteiger partial charge is 0.243 e. The third-order valence-corrected chi connectivity index (χ3v) is 4.58. The lowest BCUT2D eigenvalue weighted by Gasteiger charge is -2.15. The molecule has 1 aromatic carbocycles. The monoisotopic (exact) mass is 305 g/mol. The first-order valence-electron chi connectivity index (χ1n) is 6.69. The Morgan fingerprint density at radius 3 is 2.35 bits per heavy atom. The maximum Gasteiger partial charge on any atom is 0.243 e. The van der Waals surface area contributed by atoms with E-state index in [4.69, 9.17) is 0 Å². The molecule has 1 unspecified atom stereocenters. The van der Waals surface area contributed by atoms with Crippen LogP contribution in [-0.4, -0.2) is 14.5 Å². The topological polar surface area (TPSA) is 46.2 Å². The van der Waals surface area contributed by atoms with Gasteiger partial charge in [-0.2, -0.15) is 0 Å². The zero-order valence-corrected chi connectivity index (χ0v) is 12.8. The van der Waals surface area contributed by atoms with Gasteiger partial charge in [0, 0.05) is 12.1 Å². The lowest BCUT2D eigenvalue weighted by Crippen LogP contribution is -2.33. The number of benzene rings is 1. The predicted molar refractivity (Wildman–Crippen MR) is 74.8 cm³/mol.